The summed E-state index contributed by atoms with van der Waals surface area (Å²) in [6.07, 6.45) is 11.6. The third kappa shape index (κ3) is 4.51. The summed E-state index contributed by atoms with van der Waals surface area (Å²) in [5, 5.41) is 11.0. The molecule has 0 aliphatic carbocycles. The second kappa shape index (κ2) is 9.57. The van der Waals surface area contributed by atoms with Gasteiger partial charge in [-0.1, -0.05) is 11.8 Å². The quantitative estimate of drug-likeness (QED) is 0.330. The Balaban J connectivity index is 1.52. The van der Waals surface area contributed by atoms with E-state index >= 15 is 0 Å². The van der Waals surface area contributed by atoms with Gasteiger partial charge in [-0.05, 0) is 24.8 Å². The molecular formula is C21H23N9S. The molecule has 0 spiro atoms. The number of hydrogen-bond donors (Lipinski definition) is 2. The average Bonchev–Trinajstić information content (AvgIpc) is 3.49. The van der Waals surface area contributed by atoms with Crippen LogP contribution in [0.15, 0.2) is 47.2 Å². The molecule has 0 saturated carbocycles. The molecule has 0 radical (unpaired) electrons. The summed E-state index contributed by atoms with van der Waals surface area (Å²) >= 11 is 1.52. The standard InChI is InChI=1S/C21H23N9S/c1-31-21-25-8-4-18(29-21)30-9-5-14(12-30)17(2-6-22)26-11-15(10-23)19-16-3-7-24-20(16)28-13-27-19/h3-4,7-8,10-11,13-14,17H,2,5,9,12,23H2,1H3,(H,24,27,28). The van der Waals surface area contributed by atoms with E-state index in [1.807, 2.05) is 24.6 Å². The molecule has 3 aromatic heterocycles. The van der Waals surface area contributed by atoms with E-state index in [0.717, 1.165) is 41.5 Å². The molecule has 3 N–H and O–H groups in total. The van der Waals surface area contributed by atoms with Gasteiger partial charge in [0, 0.05) is 54.8 Å². The van der Waals surface area contributed by atoms with E-state index in [2.05, 4.69) is 35.9 Å². The summed E-state index contributed by atoms with van der Waals surface area (Å²) in [6.45, 7) is 1.67. The minimum Gasteiger partial charge on any atom is -0.404 e. The highest BCUT2D eigenvalue weighted by Crippen LogP contribution is 2.28. The van der Waals surface area contributed by atoms with E-state index in [4.69, 9.17) is 10.7 Å². The number of fused-ring (bicyclic) bond motifs is 1. The van der Waals surface area contributed by atoms with E-state index in [1.165, 1.54) is 24.3 Å². The first kappa shape index (κ1) is 20.8. The minimum atomic E-state index is -0.129. The normalized spacial score (nSPS) is 18.0. The van der Waals surface area contributed by atoms with Crippen molar-refractivity contribution in [2.45, 2.75) is 24.0 Å². The molecule has 1 saturated heterocycles. The van der Waals surface area contributed by atoms with Crippen LogP contribution >= 0.6 is 11.8 Å². The Morgan fingerprint density at radius 2 is 2.35 bits per heavy atom. The zero-order chi connectivity index (χ0) is 21.6. The Hall–Kier alpha value is -3.45. The SMILES string of the molecule is CSc1nccc(N2CCC(C(CC#N)N=CC(=CN)c3ncnc4[nH]ccc34)C2)n1. The van der Waals surface area contributed by atoms with Crippen molar-refractivity contribution in [1.29, 1.82) is 5.26 Å². The van der Waals surface area contributed by atoms with Crippen molar-refractivity contribution < 1.29 is 0 Å². The van der Waals surface area contributed by atoms with Gasteiger partial charge in [0.25, 0.3) is 0 Å². The fourth-order valence-corrected chi connectivity index (χ4v) is 4.16. The molecule has 1 aliphatic heterocycles. The van der Waals surface area contributed by atoms with Gasteiger partial charge in [0.1, 0.15) is 17.8 Å². The van der Waals surface area contributed by atoms with E-state index in [9.17, 15) is 5.26 Å². The van der Waals surface area contributed by atoms with Crippen LogP contribution in [-0.4, -0.2) is 56.5 Å². The summed E-state index contributed by atoms with van der Waals surface area (Å²) in [5.74, 6) is 1.17. The van der Waals surface area contributed by atoms with Gasteiger partial charge < -0.3 is 15.6 Å². The molecule has 4 rings (SSSR count). The monoisotopic (exact) mass is 433 g/mol. The van der Waals surface area contributed by atoms with Crippen LogP contribution in [0.2, 0.25) is 0 Å². The maximum Gasteiger partial charge on any atom is 0.189 e. The number of H-pyrrole nitrogens is 1. The molecule has 0 aromatic carbocycles. The van der Waals surface area contributed by atoms with Gasteiger partial charge in [-0.15, -0.1) is 0 Å². The largest absolute Gasteiger partial charge is 0.404 e. The Labute approximate surface area is 184 Å². The molecule has 1 fully saturated rings. The molecular weight excluding hydrogens is 410 g/mol. The van der Waals surface area contributed by atoms with E-state index in [0.29, 0.717) is 17.7 Å². The molecule has 0 bridgehead atoms. The molecule has 4 heterocycles. The third-order valence-electron chi connectivity index (χ3n) is 5.41. The fraction of sp³-hybridized carbons (Fsp3) is 0.333. The second-order valence-electron chi connectivity index (χ2n) is 7.19. The topological polar surface area (TPSA) is 133 Å². The van der Waals surface area contributed by atoms with Gasteiger partial charge in [-0.2, -0.15) is 5.26 Å². The molecule has 0 amide bonds. The number of anilines is 1. The Kier molecular flexibility index (Phi) is 6.43. The van der Waals surface area contributed by atoms with Crippen molar-refractivity contribution in [3.05, 3.63) is 42.7 Å². The summed E-state index contributed by atoms with van der Waals surface area (Å²) in [7, 11) is 0. The maximum absolute atomic E-state index is 9.38. The number of nitriles is 1. The highest BCUT2D eigenvalue weighted by atomic mass is 32.2. The number of allylic oxidation sites excluding steroid dienone is 1. The van der Waals surface area contributed by atoms with E-state index < -0.39 is 0 Å². The molecule has 2 unspecified atom stereocenters. The number of aromatic amines is 1. The van der Waals surface area contributed by atoms with Crippen molar-refractivity contribution in [3.63, 3.8) is 0 Å². The first-order chi connectivity index (χ1) is 15.2. The van der Waals surface area contributed by atoms with E-state index in [1.54, 1.807) is 12.4 Å². The number of rotatable bonds is 7. The smallest absolute Gasteiger partial charge is 0.189 e. The Bertz CT molecular complexity index is 1150. The van der Waals surface area contributed by atoms with Crippen LogP contribution in [0.3, 0.4) is 0 Å². The number of nitrogens with two attached hydrogens (primary N) is 1. The van der Waals surface area contributed by atoms with E-state index in [-0.39, 0.29) is 12.0 Å². The van der Waals surface area contributed by atoms with Gasteiger partial charge in [0.15, 0.2) is 5.16 Å². The average molecular weight is 434 g/mol. The minimum absolute atomic E-state index is 0.129. The van der Waals surface area contributed by atoms with Gasteiger partial charge in [0.2, 0.25) is 0 Å². The zero-order valence-electron chi connectivity index (χ0n) is 17.1. The van der Waals surface area contributed by atoms with Crippen LogP contribution in [0.4, 0.5) is 5.82 Å². The maximum atomic E-state index is 9.38. The number of aliphatic imine (C=N–C) groups is 1. The number of nitrogens with zero attached hydrogens (tertiary/aromatic N) is 7. The zero-order valence-corrected chi connectivity index (χ0v) is 18.0. The van der Waals surface area contributed by atoms with Crippen molar-refractivity contribution in [3.8, 4) is 6.07 Å². The summed E-state index contributed by atoms with van der Waals surface area (Å²) in [6, 6.07) is 5.99. The van der Waals surface area contributed by atoms with Crippen LogP contribution in [0.1, 0.15) is 18.5 Å². The lowest BCUT2D eigenvalue weighted by molar-refractivity contribution is 0.468. The Morgan fingerprint density at radius 1 is 1.45 bits per heavy atom. The van der Waals surface area contributed by atoms with Gasteiger partial charge in [-0.3, -0.25) is 4.99 Å². The highest BCUT2D eigenvalue weighted by molar-refractivity contribution is 7.98. The van der Waals surface area contributed by atoms with Crippen LogP contribution in [0.5, 0.6) is 0 Å². The first-order valence-corrected chi connectivity index (χ1v) is 11.2. The van der Waals surface area contributed by atoms with Gasteiger partial charge in [0.05, 0.1) is 24.2 Å². The fourth-order valence-electron chi connectivity index (χ4n) is 3.81. The molecule has 1 aliphatic rings. The third-order valence-corrected chi connectivity index (χ3v) is 5.97. The lowest BCUT2D eigenvalue weighted by Crippen LogP contribution is -2.25. The number of thioether (sulfide) groups is 1. The van der Waals surface area contributed by atoms with Crippen LogP contribution < -0.4 is 10.6 Å². The molecule has 10 heteroatoms. The summed E-state index contributed by atoms with van der Waals surface area (Å²) < 4.78 is 0. The Morgan fingerprint density at radius 3 is 3.16 bits per heavy atom. The molecule has 9 nitrogen and oxygen atoms in total. The molecule has 31 heavy (non-hydrogen) atoms. The lowest BCUT2D eigenvalue weighted by atomic mass is 9.97. The molecule has 2 atom stereocenters. The predicted molar refractivity (Wildman–Crippen MR) is 123 cm³/mol. The second-order valence-corrected chi connectivity index (χ2v) is 7.96. The summed E-state index contributed by atoms with van der Waals surface area (Å²) in [4.78, 5) is 27.5. The van der Waals surface area contributed by atoms with Crippen LogP contribution in [0.25, 0.3) is 16.6 Å². The molecule has 158 valence electrons. The lowest BCUT2D eigenvalue weighted by Gasteiger charge is -2.20. The highest BCUT2D eigenvalue weighted by Gasteiger charge is 2.30. The number of hydrogen-bond acceptors (Lipinski definition) is 9. The van der Waals surface area contributed by atoms with Gasteiger partial charge >= 0.3 is 0 Å². The van der Waals surface area contributed by atoms with Crippen molar-refractivity contribution >= 4 is 40.4 Å². The van der Waals surface area contributed by atoms with Crippen LogP contribution in [-0.2, 0) is 0 Å². The van der Waals surface area contributed by atoms with Crippen LogP contribution in [0, 0.1) is 17.2 Å². The van der Waals surface area contributed by atoms with Crippen molar-refractivity contribution in [2.75, 3.05) is 24.2 Å². The molecule has 3 aromatic rings. The van der Waals surface area contributed by atoms with Crippen molar-refractivity contribution in [1.82, 2.24) is 24.9 Å². The number of nitrogens with one attached hydrogen (secondary N) is 1. The van der Waals surface area contributed by atoms with Crippen molar-refractivity contribution in [2.24, 2.45) is 16.6 Å². The first-order valence-electron chi connectivity index (χ1n) is 9.96. The number of aromatic nitrogens is 5. The summed E-state index contributed by atoms with van der Waals surface area (Å²) in [5.41, 5.74) is 8.05. The van der Waals surface area contributed by atoms with Gasteiger partial charge in [-0.25, -0.2) is 19.9 Å². The predicted octanol–water partition coefficient (Wildman–Crippen LogP) is 2.65.